The highest BCUT2D eigenvalue weighted by Gasteiger charge is 2.29. The van der Waals surface area contributed by atoms with Crippen LogP contribution in [-0.4, -0.2) is 31.4 Å². The third-order valence-electron chi connectivity index (χ3n) is 6.39. The molecular weight excluding hydrogens is 502 g/mol. The van der Waals surface area contributed by atoms with Gasteiger partial charge < -0.3 is 10.1 Å². The van der Waals surface area contributed by atoms with E-state index in [4.69, 9.17) is 14.9 Å². The van der Waals surface area contributed by atoms with Gasteiger partial charge in [-0.3, -0.25) is 4.79 Å². The molecule has 4 aromatic rings. The zero-order chi connectivity index (χ0) is 26.9. The number of amides is 1. The van der Waals surface area contributed by atoms with E-state index in [1.807, 2.05) is 54.6 Å². The second kappa shape index (κ2) is 10.2. The maximum atomic E-state index is 13.5. The van der Waals surface area contributed by atoms with Crippen molar-refractivity contribution in [2.45, 2.75) is 30.8 Å². The van der Waals surface area contributed by atoms with Crippen LogP contribution < -0.4 is 10.5 Å². The fraction of sp³-hybridized carbons (Fsp3) is 0.138. The number of hydrogen-bond donors (Lipinski definition) is 2. The van der Waals surface area contributed by atoms with Crippen LogP contribution in [0.3, 0.4) is 0 Å². The molecule has 0 aliphatic heterocycles. The summed E-state index contributed by atoms with van der Waals surface area (Å²) in [7, 11) is -3.85. The first kappa shape index (κ1) is 25.3. The van der Waals surface area contributed by atoms with E-state index < -0.39 is 28.0 Å². The Morgan fingerprint density at radius 2 is 1.66 bits per heavy atom. The number of nitrogens with two attached hydrogens (primary N) is 1. The van der Waals surface area contributed by atoms with Crippen molar-refractivity contribution in [3.8, 4) is 0 Å². The molecule has 192 valence electrons. The van der Waals surface area contributed by atoms with Gasteiger partial charge in [-0.05, 0) is 72.9 Å². The van der Waals surface area contributed by atoms with Crippen LogP contribution in [0.25, 0.3) is 22.6 Å². The van der Waals surface area contributed by atoms with E-state index in [9.17, 15) is 18.0 Å². The summed E-state index contributed by atoms with van der Waals surface area (Å²) < 4.78 is 28.5. The highest BCUT2D eigenvalue weighted by molar-refractivity contribution is 7.89. The van der Waals surface area contributed by atoms with Gasteiger partial charge in [-0.1, -0.05) is 48.5 Å². The van der Waals surface area contributed by atoms with Crippen molar-refractivity contribution in [2.75, 3.05) is 5.32 Å². The smallest absolute Gasteiger partial charge is 0.339 e. The first-order valence-electron chi connectivity index (χ1n) is 12.0. The number of benzene rings is 3. The normalized spacial score (nSPS) is 14.7. The van der Waals surface area contributed by atoms with Crippen molar-refractivity contribution in [2.24, 2.45) is 5.14 Å². The number of rotatable bonds is 6. The van der Waals surface area contributed by atoms with E-state index in [0.29, 0.717) is 28.6 Å². The zero-order valence-corrected chi connectivity index (χ0v) is 21.4. The Bertz CT molecular complexity index is 1680. The quantitative estimate of drug-likeness (QED) is 0.354. The highest BCUT2D eigenvalue weighted by atomic mass is 32.2. The molecule has 38 heavy (non-hydrogen) atoms. The average Bonchev–Trinajstić information content (AvgIpc) is 3.29. The van der Waals surface area contributed by atoms with Gasteiger partial charge in [-0.2, -0.15) is 0 Å². The van der Waals surface area contributed by atoms with Gasteiger partial charge in [0.25, 0.3) is 5.91 Å². The summed E-state index contributed by atoms with van der Waals surface area (Å²) in [5, 5.41) is 8.41. The second-order valence-electron chi connectivity index (χ2n) is 9.02. The van der Waals surface area contributed by atoms with E-state index in [-0.39, 0.29) is 4.90 Å². The lowest BCUT2D eigenvalue weighted by Crippen LogP contribution is -2.30. The van der Waals surface area contributed by atoms with Crippen LogP contribution in [0.5, 0.6) is 0 Å². The molecule has 0 unspecified atom stereocenters. The highest BCUT2D eigenvalue weighted by Crippen LogP contribution is 2.38. The van der Waals surface area contributed by atoms with E-state index in [0.717, 1.165) is 28.8 Å². The van der Waals surface area contributed by atoms with E-state index in [2.05, 4.69) is 11.4 Å². The number of nitrogens with one attached hydrogen (secondary N) is 1. The van der Waals surface area contributed by atoms with Crippen LogP contribution in [0.4, 0.5) is 5.69 Å². The Morgan fingerprint density at radius 1 is 0.974 bits per heavy atom. The van der Waals surface area contributed by atoms with Gasteiger partial charge in [0.1, 0.15) is 0 Å². The maximum Gasteiger partial charge on any atom is 0.339 e. The number of nitrogens with zero attached hydrogens (tertiary/aromatic N) is 1. The molecule has 1 aromatic heterocycles. The molecule has 3 N–H and O–H groups in total. The monoisotopic (exact) mass is 527 g/mol. The third kappa shape index (κ3) is 5.20. The number of fused-ring (bicyclic) bond motifs is 2. The molecule has 8 nitrogen and oxygen atoms in total. The second-order valence-corrected chi connectivity index (χ2v) is 10.6. The number of primary sulfonamides is 1. The van der Waals surface area contributed by atoms with Crippen molar-refractivity contribution in [3.05, 3.63) is 101 Å². The Morgan fingerprint density at radius 3 is 2.37 bits per heavy atom. The Kier molecular flexibility index (Phi) is 6.79. The average molecular weight is 528 g/mol. The first-order chi connectivity index (χ1) is 18.2. The predicted octanol–water partition coefficient (Wildman–Crippen LogP) is 4.55. The molecule has 0 fully saturated rings. The third-order valence-corrected chi connectivity index (χ3v) is 7.32. The number of carbonyl (C=O) groups excluding carboxylic acids is 2. The molecule has 0 bridgehead atoms. The van der Waals surface area contributed by atoms with E-state index in [1.165, 1.54) is 31.2 Å². The number of allylic oxidation sites excluding steroid dienone is 1. The number of aromatic nitrogens is 1. The van der Waals surface area contributed by atoms with Crippen molar-refractivity contribution in [1.82, 2.24) is 4.98 Å². The van der Waals surface area contributed by atoms with Gasteiger partial charge in [0.05, 0.1) is 21.7 Å². The van der Waals surface area contributed by atoms with Crippen molar-refractivity contribution >= 4 is 50.1 Å². The minimum Gasteiger partial charge on any atom is -0.449 e. The van der Waals surface area contributed by atoms with Crippen molar-refractivity contribution in [3.63, 3.8) is 0 Å². The van der Waals surface area contributed by atoms with Crippen molar-refractivity contribution < 1.29 is 22.7 Å². The van der Waals surface area contributed by atoms with Gasteiger partial charge in [0.15, 0.2) is 6.10 Å². The van der Waals surface area contributed by atoms with Gasteiger partial charge >= 0.3 is 5.97 Å². The molecule has 9 heteroatoms. The molecule has 1 amide bonds. The Balaban J connectivity index is 1.41. The van der Waals surface area contributed by atoms with E-state index in [1.54, 1.807) is 0 Å². The number of carbonyl (C=O) groups is 2. The molecule has 1 aliphatic rings. The lowest BCUT2D eigenvalue weighted by atomic mass is 10.0. The molecule has 0 saturated carbocycles. The molecule has 0 radical (unpaired) electrons. The maximum absolute atomic E-state index is 13.5. The number of esters is 1. The summed E-state index contributed by atoms with van der Waals surface area (Å²) in [6.07, 6.45) is 2.34. The minimum atomic E-state index is -3.85. The molecule has 1 aliphatic carbocycles. The van der Waals surface area contributed by atoms with E-state index >= 15 is 0 Å². The van der Waals surface area contributed by atoms with Gasteiger partial charge in [0.2, 0.25) is 10.0 Å². The fourth-order valence-corrected chi connectivity index (χ4v) is 5.02. The van der Waals surface area contributed by atoms with Crippen LogP contribution in [0.2, 0.25) is 0 Å². The van der Waals surface area contributed by atoms with Crippen LogP contribution in [0.1, 0.15) is 40.5 Å². The van der Waals surface area contributed by atoms with Crippen LogP contribution >= 0.6 is 0 Å². The summed E-state index contributed by atoms with van der Waals surface area (Å²) in [6.45, 7) is 1.48. The lowest BCUT2D eigenvalue weighted by molar-refractivity contribution is -0.123. The lowest BCUT2D eigenvalue weighted by Gasteiger charge is -2.16. The minimum absolute atomic E-state index is 0.0749. The zero-order valence-electron chi connectivity index (χ0n) is 20.5. The van der Waals surface area contributed by atoms with Crippen LogP contribution in [-0.2, 0) is 26.0 Å². The fourth-order valence-electron chi connectivity index (χ4n) is 4.51. The number of sulfonamides is 1. The summed E-state index contributed by atoms with van der Waals surface area (Å²) in [6, 6.07) is 22.7. The largest absolute Gasteiger partial charge is 0.449 e. The number of hydrogen-bond acceptors (Lipinski definition) is 6. The summed E-state index contributed by atoms with van der Waals surface area (Å²) in [5.41, 5.74) is 5.10. The molecule has 5 rings (SSSR count). The Hall–Kier alpha value is -4.34. The van der Waals surface area contributed by atoms with Crippen LogP contribution in [0, 0.1) is 0 Å². The molecular formula is C29H25N3O5S. The summed E-state index contributed by atoms with van der Waals surface area (Å²) in [5.74, 6) is -1.16. The standard InChI is InChI=1S/C29H25N3O5S/c1-18(28(33)31-21-12-14-22(15-13-21)38(30,35)36)37-29(34)26-23-9-5-6-10-25(23)32-27-20(11-16-24(26)27)17-19-7-3-2-4-8-19/h2-10,12-15,17-18H,11,16H2,1H3,(H,31,33)(H2,30,35,36)/b20-17+/t18-/m1/s1. The van der Waals surface area contributed by atoms with Gasteiger partial charge in [-0.15, -0.1) is 0 Å². The number of pyridine rings is 1. The van der Waals surface area contributed by atoms with Gasteiger partial charge in [0, 0.05) is 11.1 Å². The molecule has 0 saturated heterocycles. The predicted molar refractivity (Wildman–Crippen MR) is 146 cm³/mol. The molecule has 1 atom stereocenters. The van der Waals surface area contributed by atoms with Crippen LogP contribution in [0.15, 0.2) is 83.8 Å². The number of anilines is 1. The Labute approximate surface area is 220 Å². The summed E-state index contributed by atoms with van der Waals surface area (Å²) in [4.78, 5) is 31.0. The van der Waals surface area contributed by atoms with Crippen molar-refractivity contribution in [1.29, 1.82) is 0 Å². The van der Waals surface area contributed by atoms with Gasteiger partial charge in [-0.25, -0.2) is 23.3 Å². The summed E-state index contributed by atoms with van der Waals surface area (Å²) >= 11 is 0. The SMILES string of the molecule is C[C@@H](OC(=O)c1c2c(nc3ccccc13)/C(=C/c1ccccc1)CC2)C(=O)Nc1ccc(S(N)(=O)=O)cc1. The molecule has 1 heterocycles. The first-order valence-corrected chi connectivity index (χ1v) is 13.6. The molecule has 3 aromatic carbocycles. The topological polar surface area (TPSA) is 128 Å². The number of ether oxygens (including phenoxy) is 1. The molecule has 0 spiro atoms. The number of para-hydroxylation sites is 1.